The van der Waals surface area contributed by atoms with Crippen LogP contribution in [0.2, 0.25) is 0 Å². The zero-order valence-corrected chi connectivity index (χ0v) is 20.0. The highest BCUT2D eigenvalue weighted by atomic mass is 32.1. The van der Waals surface area contributed by atoms with E-state index in [1.807, 2.05) is 31.5 Å². The van der Waals surface area contributed by atoms with Gasteiger partial charge in [-0.2, -0.15) is 0 Å². The van der Waals surface area contributed by atoms with E-state index in [-0.39, 0.29) is 5.82 Å². The minimum absolute atomic E-state index is 0.338. The summed E-state index contributed by atoms with van der Waals surface area (Å²) < 4.78 is 26.1. The van der Waals surface area contributed by atoms with Crippen LogP contribution in [0.4, 0.5) is 4.39 Å². The summed E-state index contributed by atoms with van der Waals surface area (Å²) in [4.78, 5) is 11.0. The number of benzene rings is 1. The number of hydrogen-bond acceptors (Lipinski definition) is 7. The highest BCUT2D eigenvalue weighted by Gasteiger charge is 2.23. The molecular weight excluding hydrogens is 445 g/mol. The third-order valence-electron chi connectivity index (χ3n) is 5.06. The van der Waals surface area contributed by atoms with E-state index in [1.165, 1.54) is 17.0 Å². The molecule has 4 aromatic rings. The molecule has 0 radical (unpaired) electrons. The van der Waals surface area contributed by atoms with Crippen molar-refractivity contribution < 1.29 is 13.9 Å². The van der Waals surface area contributed by atoms with Crippen LogP contribution in [0, 0.1) is 5.82 Å². The average molecular weight is 472 g/mol. The van der Waals surface area contributed by atoms with Crippen molar-refractivity contribution in [2.24, 2.45) is 0 Å². The lowest BCUT2D eigenvalue weighted by Crippen LogP contribution is -2.22. The van der Waals surface area contributed by atoms with Gasteiger partial charge in [0.05, 0.1) is 12.3 Å². The summed E-state index contributed by atoms with van der Waals surface area (Å²) in [5, 5.41) is 7.39. The highest BCUT2D eigenvalue weighted by molar-refractivity contribution is 7.18. The summed E-state index contributed by atoms with van der Waals surface area (Å²) in [5.74, 6) is 0.147. The number of hydrogen-bond donors (Lipinski definition) is 1. The van der Waals surface area contributed by atoms with Crippen LogP contribution in [0.15, 0.2) is 35.8 Å². The molecule has 1 aliphatic heterocycles. The first-order valence-electron chi connectivity index (χ1n) is 10.7. The molecule has 0 saturated heterocycles. The monoisotopic (exact) mass is 471 g/mol. The zero-order valence-electron chi connectivity index (χ0n) is 18.4. The Balaban J connectivity index is 0.00000119. The van der Waals surface area contributed by atoms with Crippen LogP contribution in [0.25, 0.3) is 31.9 Å². The normalized spacial score (nSPS) is 12.9. The van der Waals surface area contributed by atoms with Crippen LogP contribution in [-0.2, 0) is 17.7 Å². The van der Waals surface area contributed by atoms with E-state index in [0.717, 1.165) is 57.1 Å². The summed E-state index contributed by atoms with van der Waals surface area (Å²) >= 11 is 3.32. The van der Waals surface area contributed by atoms with Crippen LogP contribution in [0.3, 0.4) is 0 Å². The maximum atomic E-state index is 14.1. The van der Waals surface area contributed by atoms with Crippen LogP contribution in [0.1, 0.15) is 24.4 Å². The van der Waals surface area contributed by atoms with Crippen LogP contribution in [-0.4, -0.2) is 36.8 Å². The summed E-state index contributed by atoms with van der Waals surface area (Å²) in [6.07, 6.45) is 2.81. The summed E-state index contributed by atoms with van der Waals surface area (Å²) in [6.45, 7) is 6.55. The number of methoxy groups -OCH3 is 1. The SMILES string of the molecule is CC.COCCOc1cc(F)ccc1-c1c(-c2nc3c(s2)CNCC3)ncc2ccsc12. The fourth-order valence-electron chi connectivity index (χ4n) is 3.63. The van der Waals surface area contributed by atoms with Gasteiger partial charge < -0.3 is 14.8 Å². The molecule has 1 aromatic carbocycles. The van der Waals surface area contributed by atoms with Crippen LogP contribution >= 0.6 is 22.7 Å². The first-order chi connectivity index (χ1) is 15.7. The van der Waals surface area contributed by atoms with E-state index in [1.54, 1.807) is 35.8 Å². The molecule has 0 amide bonds. The Bertz CT molecular complexity index is 1180. The number of halogens is 1. The van der Waals surface area contributed by atoms with E-state index in [9.17, 15) is 4.39 Å². The molecule has 32 heavy (non-hydrogen) atoms. The summed E-state index contributed by atoms with van der Waals surface area (Å²) in [5.41, 5.74) is 3.71. The molecule has 8 heteroatoms. The number of fused-ring (bicyclic) bond motifs is 2. The Hall–Kier alpha value is -2.39. The number of pyridine rings is 1. The standard InChI is InChI=1S/C22H20FN3O2S2.C2H6/c1-27-7-8-28-17-10-14(23)2-3-15(17)19-20(25-11-13-5-9-29-21(13)19)22-26-16-4-6-24-12-18(16)30-22;1-2/h2-3,5,9-11,24H,4,6-8,12H2,1H3;1-2H3. The second-order valence-electron chi connectivity index (χ2n) is 6.98. The van der Waals surface area contributed by atoms with Gasteiger partial charge in [-0.25, -0.2) is 9.37 Å². The lowest BCUT2D eigenvalue weighted by atomic mass is 10.0. The Labute approximate surface area is 195 Å². The van der Waals surface area contributed by atoms with E-state index >= 15 is 0 Å². The molecule has 1 aliphatic rings. The van der Waals surface area contributed by atoms with Crippen molar-refractivity contribution in [2.45, 2.75) is 26.8 Å². The van der Waals surface area contributed by atoms with E-state index in [0.29, 0.717) is 19.0 Å². The van der Waals surface area contributed by atoms with Gasteiger partial charge in [-0.3, -0.25) is 4.98 Å². The van der Waals surface area contributed by atoms with Gasteiger partial charge in [0.25, 0.3) is 0 Å². The average Bonchev–Trinajstić information content (AvgIpc) is 3.47. The molecule has 5 nitrogen and oxygen atoms in total. The largest absolute Gasteiger partial charge is 0.490 e. The first kappa shape index (κ1) is 22.8. The Morgan fingerprint density at radius 1 is 1.19 bits per heavy atom. The third-order valence-corrected chi connectivity index (χ3v) is 7.11. The van der Waals surface area contributed by atoms with E-state index < -0.39 is 0 Å². The molecule has 0 spiro atoms. The van der Waals surface area contributed by atoms with Gasteiger partial charge in [0.1, 0.15) is 28.9 Å². The molecule has 5 rings (SSSR count). The smallest absolute Gasteiger partial charge is 0.143 e. The lowest BCUT2D eigenvalue weighted by Gasteiger charge is -2.14. The third kappa shape index (κ3) is 4.54. The van der Waals surface area contributed by atoms with Gasteiger partial charge in [-0.15, -0.1) is 22.7 Å². The van der Waals surface area contributed by atoms with Crippen LogP contribution < -0.4 is 10.1 Å². The maximum Gasteiger partial charge on any atom is 0.143 e. The number of thiazole rings is 1. The van der Waals surface area contributed by atoms with Crippen molar-refractivity contribution in [1.82, 2.24) is 15.3 Å². The minimum atomic E-state index is -0.338. The van der Waals surface area contributed by atoms with Crippen molar-refractivity contribution in [3.8, 4) is 27.6 Å². The second-order valence-corrected chi connectivity index (χ2v) is 8.98. The van der Waals surface area contributed by atoms with E-state index in [2.05, 4.69) is 5.32 Å². The predicted octanol–water partition coefficient (Wildman–Crippen LogP) is 5.92. The minimum Gasteiger partial charge on any atom is -0.490 e. The summed E-state index contributed by atoms with van der Waals surface area (Å²) in [7, 11) is 1.61. The van der Waals surface area contributed by atoms with Crippen molar-refractivity contribution in [2.75, 3.05) is 26.9 Å². The molecule has 168 valence electrons. The van der Waals surface area contributed by atoms with Gasteiger partial charge in [-0.1, -0.05) is 13.8 Å². The van der Waals surface area contributed by atoms with Gasteiger partial charge in [0.2, 0.25) is 0 Å². The van der Waals surface area contributed by atoms with Crippen molar-refractivity contribution >= 4 is 32.8 Å². The van der Waals surface area contributed by atoms with Gasteiger partial charge in [0.15, 0.2) is 0 Å². The fourth-order valence-corrected chi connectivity index (χ4v) is 5.64. The van der Waals surface area contributed by atoms with Crippen molar-refractivity contribution in [3.63, 3.8) is 0 Å². The molecule has 3 aromatic heterocycles. The Morgan fingerprint density at radius 3 is 2.88 bits per heavy atom. The van der Waals surface area contributed by atoms with Crippen LogP contribution in [0.5, 0.6) is 5.75 Å². The topological polar surface area (TPSA) is 56.3 Å². The predicted molar refractivity (Wildman–Crippen MR) is 130 cm³/mol. The molecular formula is C24H26FN3O2S2. The molecule has 0 atom stereocenters. The number of nitrogens with one attached hydrogen (secondary N) is 1. The zero-order chi connectivity index (χ0) is 22.5. The molecule has 1 N–H and O–H groups in total. The first-order valence-corrected chi connectivity index (χ1v) is 12.4. The Kier molecular flexibility index (Phi) is 7.47. The molecule has 0 saturated carbocycles. The Morgan fingerprint density at radius 2 is 2.06 bits per heavy atom. The highest BCUT2D eigenvalue weighted by Crippen LogP contribution is 2.44. The maximum absolute atomic E-state index is 14.1. The van der Waals surface area contributed by atoms with Gasteiger partial charge >= 0.3 is 0 Å². The van der Waals surface area contributed by atoms with Gasteiger partial charge in [0, 0.05) is 65.0 Å². The molecule has 0 unspecified atom stereocenters. The van der Waals surface area contributed by atoms with Crippen molar-refractivity contribution in [1.29, 1.82) is 0 Å². The molecule has 0 fully saturated rings. The fraction of sp³-hybridized carbons (Fsp3) is 0.333. The quantitative estimate of drug-likeness (QED) is 0.354. The molecule has 0 aliphatic carbocycles. The second kappa shape index (κ2) is 10.5. The summed E-state index contributed by atoms with van der Waals surface area (Å²) in [6, 6.07) is 6.71. The number of aromatic nitrogens is 2. The molecule has 4 heterocycles. The number of nitrogens with zero attached hydrogens (tertiary/aromatic N) is 2. The lowest BCUT2D eigenvalue weighted by molar-refractivity contribution is 0.146. The van der Waals surface area contributed by atoms with Gasteiger partial charge in [-0.05, 0) is 23.6 Å². The number of rotatable bonds is 6. The number of ether oxygens (including phenoxy) is 2. The number of thiophene rings is 1. The molecule has 0 bridgehead atoms. The van der Waals surface area contributed by atoms with E-state index in [4.69, 9.17) is 19.4 Å². The van der Waals surface area contributed by atoms with Crippen molar-refractivity contribution in [3.05, 3.63) is 52.2 Å².